The molecule has 0 spiro atoms. The Kier molecular flexibility index (Phi) is 3.64. The van der Waals surface area contributed by atoms with Gasteiger partial charge in [-0.05, 0) is 63.1 Å². The number of aromatic nitrogens is 1. The normalized spacial score (nSPS) is 14.9. The molecule has 1 aliphatic rings. The maximum atomic E-state index is 5.04. The standard InChI is InChI=1S/C18H24N2/c1-4-19-18-14-8-6-5-7-9-15(14)20-17-13(3)11-10-12(2)16(17)18/h10-11H,4-9H2,1-3H3,(H,19,20). The fourth-order valence-electron chi connectivity index (χ4n) is 3.37. The van der Waals surface area contributed by atoms with Gasteiger partial charge < -0.3 is 5.32 Å². The molecule has 3 rings (SSSR count). The second kappa shape index (κ2) is 5.43. The molecule has 2 nitrogen and oxygen atoms in total. The van der Waals surface area contributed by atoms with Crippen LogP contribution in [0.3, 0.4) is 0 Å². The highest BCUT2D eigenvalue weighted by atomic mass is 14.9. The number of rotatable bonds is 2. The molecule has 0 atom stereocenters. The van der Waals surface area contributed by atoms with Crippen LogP contribution < -0.4 is 5.32 Å². The molecule has 2 heteroatoms. The number of pyridine rings is 1. The summed E-state index contributed by atoms with van der Waals surface area (Å²) in [4.78, 5) is 5.04. The summed E-state index contributed by atoms with van der Waals surface area (Å²) >= 11 is 0. The number of benzene rings is 1. The maximum Gasteiger partial charge on any atom is 0.0758 e. The highest BCUT2D eigenvalue weighted by Crippen LogP contribution is 2.35. The predicted molar refractivity (Wildman–Crippen MR) is 86.6 cm³/mol. The molecule has 1 heterocycles. The number of nitrogens with one attached hydrogen (secondary N) is 1. The average Bonchev–Trinajstić information content (AvgIpc) is 2.68. The summed E-state index contributed by atoms with van der Waals surface area (Å²) < 4.78 is 0. The number of fused-ring (bicyclic) bond motifs is 2. The summed E-state index contributed by atoms with van der Waals surface area (Å²) in [5.41, 5.74) is 7.99. The molecule has 0 radical (unpaired) electrons. The second-order valence-electron chi connectivity index (χ2n) is 5.93. The lowest BCUT2D eigenvalue weighted by molar-refractivity contribution is 0.709. The molecule has 1 aromatic heterocycles. The Labute approximate surface area is 121 Å². The number of hydrogen-bond acceptors (Lipinski definition) is 2. The van der Waals surface area contributed by atoms with Crippen LogP contribution in [0.5, 0.6) is 0 Å². The summed E-state index contributed by atoms with van der Waals surface area (Å²) in [5, 5.41) is 4.97. The van der Waals surface area contributed by atoms with Crippen molar-refractivity contribution in [3.8, 4) is 0 Å². The van der Waals surface area contributed by atoms with E-state index in [0.29, 0.717) is 0 Å². The summed E-state index contributed by atoms with van der Waals surface area (Å²) in [6.45, 7) is 7.53. The first-order chi connectivity index (χ1) is 9.72. The highest BCUT2D eigenvalue weighted by molar-refractivity contribution is 5.97. The molecule has 0 saturated heterocycles. The van der Waals surface area contributed by atoms with Crippen LogP contribution in [0.15, 0.2) is 12.1 Å². The Morgan fingerprint density at radius 2 is 1.80 bits per heavy atom. The quantitative estimate of drug-likeness (QED) is 0.808. The Hall–Kier alpha value is -1.57. The molecule has 1 aliphatic carbocycles. The fourth-order valence-corrected chi connectivity index (χ4v) is 3.37. The summed E-state index contributed by atoms with van der Waals surface area (Å²) in [5.74, 6) is 0. The van der Waals surface area contributed by atoms with Gasteiger partial charge in [-0.25, -0.2) is 0 Å². The van der Waals surface area contributed by atoms with Crippen LogP contribution in [0.25, 0.3) is 10.9 Å². The molecular formula is C18H24N2. The van der Waals surface area contributed by atoms with Crippen molar-refractivity contribution in [2.24, 2.45) is 0 Å². The maximum absolute atomic E-state index is 5.04. The highest BCUT2D eigenvalue weighted by Gasteiger charge is 2.18. The van der Waals surface area contributed by atoms with E-state index in [1.165, 1.54) is 64.7 Å². The first-order valence-electron chi connectivity index (χ1n) is 7.88. The number of hydrogen-bond donors (Lipinski definition) is 1. The van der Waals surface area contributed by atoms with E-state index in [0.717, 1.165) is 13.0 Å². The molecule has 2 aromatic rings. The van der Waals surface area contributed by atoms with E-state index in [-0.39, 0.29) is 0 Å². The van der Waals surface area contributed by atoms with E-state index in [4.69, 9.17) is 4.98 Å². The van der Waals surface area contributed by atoms with Gasteiger partial charge in [0.1, 0.15) is 0 Å². The zero-order chi connectivity index (χ0) is 14.1. The van der Waals surface area contributed by atoms with E-state index in [2.05, 4.69) is 38.2 Å². The zero-order valence-corrected chi connectivity index (χ0v) is 12.8. The lowest BCUT2D eigenvalue weighted by atomic mass is 9.97. The van der Waals surface area contributed by atoms with Crippen molar-refractivity contribution in [2.75, 3.05) is 11.9 Å². The molecule has 20 heavy (non-hydrogen) atoms. The van der Waals surface area contributed by atoms with Gasteiger partial charge in [-0.3, -0.25) is 4.98 Å². The van der Waals surface area contributed by atoms with Crippen LogP contribution in [0.1, 0.15) is 48.6 Å². The third-order valence-electron chi connectivity index (χ3n) is 4.43. The monoisotopic (exact) mass is 268 g/mol. The summed E-state index contributed by atoms with van der Waals surface area (Å²) in [7, 11) is 0. The molecular weight excluding hydrogens is 244 g/mol. The minimum Gasteiger partial charge on any atom is -0.384 e. The molecule has 0 fully saturated rings. The Bertz CT molecular complexity index is 644. The third-order valence-corrected chi connectivity index (χ3v) is 4.43. The van der Waals surface area contributed by atoms with E-state index >= 15 is 0 Å². The largest absolute Gasteiger partial charge is 0.384 e. The smallest absolute Gasteiger partial charge is 0.0758 e. The minimum atomic E-state index is 0.971. The van der Waals surface area contributed by atoms with E-state index in [1.54, 1.807) is 0 Å². The van der Waals surface area contributed by atoms with E-state index in [1.807, 2.05) is 0 Å². The number of aryl methyl sites for hydroxylation is 3. The molecule has 1 N–H and O–H groups in total. The van der Waals surface area contributed by atoms with Crippen molar-refractivity contribution in [3.05, 3.63) is 34.5 Å². The van der Waals surface area contributed by atoms with Crippen LogP contribution in [-0.2, 0) is 12.8 Å². The topological polar surface area (TPSA) is 24.9 Å². The van der Waals surface area contributed by atoms with Gasteiger partial charge >= 0.3 is 0 Å². The van der Waals surface area contributed by atoms with Gasteiger partial charge in [0.25, 0.3) is 0 Å². The van der Waals surface area contributed by atoms with Crippen LogP contribution in [0, 0.1) is 13.8 Å². The average molecular weight is 268 g/mol. The van der Waals surface area contributed by atoms with Crippen molar-refractivity contribution in [2.45, 2.75) is 52.9 Å². The zero-order valence-electron chi connectivity index (χ0n) is 12.8. The Morgan fingerprint density at radius 1 is 1.05 bits per heavy atom. The lowest BCUT2D eigenvalue weighted by Gasteiger charge is -2.18. The molecule has 0 bridgehead atoms. The van der Waals surface area contributed by atoms with Crippen LogP contribution in [-0.4, -0.2) is 11.5 Å². The molecule has 0 unspecified atom stereocenters. The first-order valence-corrected chi connectivity index (χ1v) is 7.88. The van der Waals surface area contributed by atoms with Crippen molar-refractivity contribution < 1.29 is 0 Å². The van der Waals surface area contributed by atoms with E-state index < -0.39 is 0 Å². The van der Waals surface area contributed by atoms with Gasteiger partial charge in [-0.1, -0.05) is 18.6 Å². The van der Waals surface area contributed by atoms with Gasteiger partial charge in [0.2, 0.25) is 0 Å². The summed E-state index contributed by atoms with van der Waals surface area (Å²) in [6, 6.07) is 4.42. The minimum absolute atomic E-state index is 0.971. The van der Waals surface area contributed by atoms with Crippen molar-refractivity contribution in [1.82, 2.24) is 4.98 Å². The lowest BCUT2D eigenvalue weighted by Crippen LogP contribution is -2.07. The van der Waals surface area contributed by atoms with Gasteiger partial charge in [0, 0.05) is 23.3 Å². The number of anilines is 1. The first kappa shape index (κ1) is 13.4. The predicted octanol–water partition coefficient (Wildman–Crippen LogP) is 4.55. The van der Waals surface area contributed by atoms with Crippen molar-refractivity contribution in [1.29, 1.82) is 0 Å². The molecule has 106 valence electrons. The third kappa shape index (κ3) is 2.17. The van der Waals surface area contributed by atoms with Gasteiger partial charge in [0.05, 0.1) is 5.52 Å². The second-order valence-corrected chi connectivity index (χ2v) is 5.93. The van der Waals surface area contributed by atoms with Crippen molar-refractivity contribution in [3.63, 3.8) is 0 Å². The number of nitrogens with zero attached hydrogens (tertiary/aromatic N) is 1. The van der Waals surface area contributed by atoms with Gasteiger partial charge in [-0.2, -0.15) is 0 Å². The molecule has 1 aromatic carbocycles. The van der Waals surface area contributed by atoms with Crippen LogP contribution in [0.2, 0.25) is 0 Å². The SMILES string of the molecule is CCNc1c2c(nc3c(C)ccc(C)c13)CCCCC2. The van der Waals surface area contributed by atoms with Crippen LogP contribution in [0.4, 0.5) is 5.69 Å². The fraction of sp³-hybridized carbons (Fsp3) is 0.500. The Morgan fingerprint density at radius 3 is 2.60 bits per heavy atom. The molecule has 0 saturated carbocycles. The Balaban J connectivity index is 2.36. The van der Waals surface area contributed by atoms with Crippen molar-refractivity contribution >= 4 is 16.6 Å². The van der Waals surface area contributed by atoms with Gasteiger partial charge in [0.15, 0.2) is 0 Å². The molecule has 0 aliphatic heterocycles. The van der Waals surface area contributed by atoms with E-state index in [9.17, 15) is 0 Å². The molecule has 0 amide bonds. The van der Waals surface area contributed by atoms with Crippen LogP contribution >= 0.6 is 0 Å². The summed E-state index contributed by atoms with van der Waals surface area (Å²) in [6.07, 6.45) is 6.21. The van der Waals surface area contributed by atoms with Gasteiger partial charge in [-0.15, -0.1) is 0 Å².